The Hall–Kier alpha value is -2.73. The van der Waals surface area contributed by atoms with Crippen molar-refractivity contribution >= 4 is 22.5 Å². The number of hydrogen-bond donors (Lipinski definition) is 1. The Morgan fingerprint density at radius 3 is 2.58 bits per heavy atom. The van der Waals surface area contributed by atoms with Gasteiger partial charge in [0.25, 0.3) is 5.91 Å². The number of nitrogens with one attached hydrogen (secondary N) is 1. The molecule has 0 bridgehead atoms. The van der Waals surface area contributed by atoms with Gasteiger partial charge in [0, 0.05) is 21.9 Å². The lowest BCUT2D eigenvalue weighted by Gasteiger charge is -2.12. The molecule has 0 saturated heterocycles. The molecule has 1 unspecified atom stereocenters. The second-order valence-corrected chi connectivity index (χ2v) is 7.96. The van der Waals surface area contributed by atoms with Crippen molar-refractivity contribution in [2.75, 3.05) is 5.32 Å². The van der Waals surface area contributed by atoms with E-state index in [0.717, 1.165) is 28.1 Å². The maximum atomic E-state index is 12.8. The predicted octanol–water partition coefficient (Wildman–Crippen LogP) is 3.50. The zero-order valence-corrected chi connectivity index (χ0v) is 15.5. The Morgan fingerprint density at radius 2 is 1.85 bits per heavy atom. The van der Waals surface area contributed by atoms with Crippen molar-refractivity contribution < 1.29 is 9.00 Å². The summed E-state index contributed by atoms with van der Waals surface area (Å²) in [6.45, 7) is 4.00. The predicted molar refractivity (Wildman–Crippen MR) is 103 cm³/mol. The maximum absolute atomic E-state index is 12.8. The van der Waals surface area contributed by atoms with Crippen molar-refractivity contribution in [2.45, 2.75) is 25.4 Å². The summed E-state index contributed by atoms with van der Waals surface area (Å²) in [5, 5.41) is 7.60. The number of aromatic nitrogens is 2. The van der Waals surface area contributed by atoms with Crippen LogP contribution in [0.4, 0.5) is 5.82 Å². The van der Waals surface area contributed by atoms with E-state index in [4.69, 9.17) is 0 Å². The van der Waals surface area contributed by atoms with E-state index in [1.807, 2.05) is 62.4 Å². The van der Waals surface area contributed by atoms with Crippen LogP contribution < -0.4 is 5.32 Å². The van der Waals surface area contributed by atoms with Gasteiger partial charge in [0.2, 0.25) is 0 Å². The molecule has 0 spiro atoms. The first-order chi connectivity index (χ1) is 12.5. The number of hydrogen-bond acceptors (Lipinski definition) is 3. The van der Waals surface area contributed by atoms with E-state index in [1.165, 1.54) is 0 Å². The smallest absolute Gasteiger partial charge is 0.256 e. The molecular formula is C20H19N3O2S. The van der Waals surface area contributed by atoms with Crippen LogP contribution in [0.1, 0.15) is 32.7 Å². The molecule has 2 heterocycles. The standard InChI is InChI=1S/C20H19N3O2S/c1-13-8-9-15(10-14(13)2)20(24)21-19-17-11-26(25)12-18(17)22-23(19)16-6-4-3-5-7-16/h3-10H,11-12H2,1-2H3,(H,21,24). The molecule has 0 fully saturated rings. The van der Waals surface area contributed by atoms with Gasteiger partial charge in [0.1, 0.15) is 5.82 Å². The van der Waals surface area contributed by atoms with Gasteiger partial charge in [-0.2, -0.15) is 5.10 Å². The maximum Gasteiger partial charge on any atom is 0.256 e. The van der Waals surface area contributed by atoms with Gasteiger partial charge in [-0.05, 0) is 49.2 Å². The molecule has 0 saturated carbocycles. The first-order valence-corrected chi connectivity index (χ1v) is 9.91. The van der Waals surface area contributed by atoms with E-state index in [2.05, 4.69) is 10.4 Å². The lowest BCUT2D eigenvalue weighted by Crippen LogP contribution is -2.16. The number of amides is 1. The van der Waals surface area contributed by atoms with Crippen LogP contribution in [0.2, 0.25) is 0 Å². The molecule has 26 heavy (non-hydrogen) atoms. The molecule has 1 atom stereocenters. The average molecular weight is 365 g/mol. The first kappa shape index (κ1) is 16.7. The number of aryl methyl sites for hydroxylation is 2. The number of carbonyl (C=O) groups is 1. The molecule has 1 amide bonds. The van der Waals surface area contributed by atoms with Crippen LogP contribution in [-0.2, 0) is 22.3 Å². The van der Waals surface area contributed by atoms with Crippen LogP contribution in [0.3, 0.4) is 0 Å². The summed E-state index contributed by atoms with van der Waals surface area (Å²) < 4.78 is 13.7. The van der Waals surface area contributed by atoms with Crippen molar-refractivity contribution in [3.63, 3.8) is 0 Å². The van der Waals surface area contributed by atoms with Gasteiger partial charge in [-0.15, -0.1) is 0 Å². The zero-order valence-electron chi connectivity index (χ0n) is 14.7. The lowest BCUT2D eigenvalue weighted by molar-refractivity contribution is 0.102. The second kappa shape index (κ2) is 6.53. The van der Waals surface area contributed by atoms with E-state index in [9.17, 15) is 9.00 Å². The molecule has 3 aromatic rings. The van der Waals surface area contributed by atoms with Crippen LogP contribution in [0.5, 0.6) is 0 Å². The number of nitrogens with zero attached hydrogens (tertiary/aromatic N) is 2. The van der Waals surface area contributed by atoms with E-state index in [0.29, 0.717) is 22.9 Å². The summed E-state index contributed by atoms with van der Waals surface area (Å²) >= 11 is 0. The van der Waals surface area contributed by atoms with Gasteiger partial charge in [0.15, 0.2) is 0 Å². The number of benzene rings is 2. The molecule has 1 N–H and O–H groups in total. The Morgan fingerprint density at radius 1 is 1.08 bits per heavy atom. The molecule has 2 aromatic carbocycles. The largest absolute Gasteiger partial charge is 0.306 e. The molecule has 1 aliphatic heterocycles. The van der Waals surface area contributed by atoms with Gasteiger partial charge in [-0.25, -0.2) is 4.68 Å². The highest BCUT2D eigenvalue weighted by molar-refractivity contribution is 7.83. The number of carbonyl (C=O) groups excluding carboxylic acids is 1. The second-order valence-electron chi connectivity index (χ2n) is 6.50. The van der Waals surface area contributed by atoms with Crippen LogP contribution >= 0.6 is 0 Å². The Bertz CT molecular complexity index is 1030. The van der Waals surface area contributed by atoms with Gasteiger partial charge >= 0.3 is 0 Å². The van der Waals surface area contributed by atoms with Crippen molar-refractivity contribution in [1.82, 2.24) is 9.78 Å². The molecular weight excluding hydrogens is 346 g/mol. The Balaban J connectivity index is 1.74. The third-order valence-electron chi connectivity index (χ3n) is 4.67. The van der Waals surface area contributed by atoms with E-state index >= 15 is 0 Å². The molecule has 6 heteroatoms. The third kappa shape index (κ3) is 2.97. The highest BCUT2D eigenvalue weighted by atomic mass is 32.2. The monoisotopic (exact) mass is 365 g/mol. The molecule has 4 rings (SSSR count). The Kier molecular flexibility index (Phi) is 4.20. The minimum absolute atomic E-state index is 0.189. The van der Waals surface area contributed by atoms with Gasteiger partial charge < -0.3 is 5.32 Å². The quantitative estimate of drug-likeness (QED) is 0.773. The number of fused-ring (bicyclic) bond motifs is 1. The fourth-order valence-electron chi connectivity index (χ4n) is 3.07. The summed E-state index contributed by atoms with van der Waals surface area (Å²) in [5.41, 5.74) is 5.34. The highest BCUT2D eigenvalue weighted by Crippen LogP contribution is 2.31. The zero-order chi connectivity index (χ0) is 18.3. The fourth-order valence-corrected chi connectivity index (χ4v) is 4.34. The van der Waals surface area contributed by atoms with E-state index in [1.54, 1.807) is 4.68 Å². The third-order valence-corrected chi connectivity index (χ3v) is 5.88. The number of para-hydroxylation sites is 1. The number of anilines is 1. The summed E-state index contributed by atoms with van der Waals surface area (Å²) in [6, 6.07) is 15.3. The van der Waals surface area contributed by atoms with Gasteiger partial charge in [0.05, 0.1) is 22.9 Å². The van der Waals surface area contributed by atoms with Gasteiger partial charge in [-0.1, -0.05) is 24.3 Å². The fraction of sp³-hybridized carbons (Fsp3) is 0.200. The number of rotatable bonds is 3. The summed E-state index contributed by atoms with van der Waals surface area (Å²) in [5.74, 6) is 1.28. The minimum atomic E-state index is -0.956. The van der Waals surface area contributed by atoms with Crippen molar-refractivity contribution in [3.05, 3.63) is 76.5 Å². The van der Waals surface area contributed by atoms with Crippen molar-refractivity contribution in [2.24, 2.45) is 0 Å². The summed E-state index contributed by atoms with van der Waals surface area (Å²) in [6.07, 6.45) is 0. The first-order valence-electron chi connectivity index (χ1n) is 8.42. The highest BCUT2D eigenvalue weighted by Gasteiger charge is 2.28. The van der Waals surface area contributed by atoms with Crippen LogP contribution in [0, 0.1) is 13.8 Å². The van der Waals surface area contributed by atoms with Crippen molar-refractivity contribution in [1.29, 1.82) is 0 Å². The SMILES string of the molecule is Cc1ccc(C(=O)Nc2c3c(nn2-c2ccccc2)CS(=O)C3)cc1C. The normalized spacial score (nSPS) is 15.7. The van der Waals surface area contributed by atoms with Crippen molar-refractivity contribution in [3.8, 4) is 5.69 Å². The van der Waals surface area contributed by atoms with Gasteiger partial charge in [-0.3, -0.25) is 9.00 Å². The summed E-state index contributed by atoms with van der Waals surface area (Å²) in [7, 11) is -0.956. The topological polar surface area (TPSA) is 64.0 Å². The van der Waals surface area contributed by atoms with Crippen LogP contribution in [-0.4, -0.2) is 19.9 Å². The molecule has 5 nitrogen and oxygen atoms in total. The van der Waals surface area contributed by atoms with E-state index < -0.39 is 10.8 Å². The molecule has 1 aliphatic rings. The van der Waals surface area contributed by atoms with E-state index in [-0.39, 0.29) is 5.91 Å². The van der Waals surface area contributed by atoms with Crippen LogP contribution in [0.25, 0.3) is 5.69 Å². The molecule has 0 aliphatic carbocycles. The molecule has 0 radical (unpaired) electrons. The van der Waals surface area contributed by atoms with Crippen LogP contribution in [0.15, 0.2) is 48.5 Å². The lowest BCUT2D eigenvalue weighted by atomic mass is 10.1. The molecule has 1 aromatic heterocycles. The Labute approximate surface area is 154 Å². The average Bonchev–Trinajstić information content (AvgIpc) is 3.15. The minimum Gasteiger partial charge on any atom is -0.306 e. The summed E-state index contributed by atoms with van der Waals surface area (Å²) in [4.78, 5) is 12.8. The molecule has 132 valence electrons.